The Labute approximate surface area is 193 Å². The summed E-state index contributed by atoms with van der Waals surface area (Å²) in [6.07, 6.45) is 1.48. The molecule has 1 aliphatic rings. The van der Waals surface area contributed by atoms with Gasteiger partial charge in [-0.05, 0) is 47.5 Å². The van der Waals surface area contributed by atoms with Gasteiger partial charge in [0.25, 0.3) is 5.91 Å². The molecule has 1 fully saturated rings. The smallest absolute Gasteiger partial charge is 0.251 e. The van der Waals surface area contributed by atoms with E-state index in [1.807, 2.05) is 12.1 Å². The van der Waals surface area contributed by atoms with Crippen molar-refractivity contribution < 1.29 is 22.4 Å². The molecule has 33 heavy (non-hydrogen) atoms. The van der Waals surface area contributed by atoms with Gasteiger partial charge in [-0.25, -0.2) is 13.1 Å². The van der Waals surface area contributed by atoms with Crippen molar-refractivity contribution in [1.29, 1.82) is 0 Å². The monoisotopic (exact) mass is 469 g/mol. The van der Waals surface area contributed by atoms with Crippen molar-refractivity contribution >= 4 is 15.9 Å². The molecular weight excluding hydrogens is 442 g/mol. The molecule has 2 aromatic carbocycles. The largest absolute Gasteiger partial charge is 0.468 e. The molecule has 9 heteroatoms. The van der Waals surface area contributed by atoms with Crippen molar-refractivity contribution in [2.75, 3.05) is 26.3 Å². The van der Waals surface area contributed by atoms with Crippen LogP contribution in [0.2, 0.25) is 0 Å². The van der Waals surface area contributed by atoms with Gasteiger partial charge in [0, 0.05) is 31.7 Å². The van der Waals surface area contributed by atoms with E-state index in [9.17, 15) is 13.2 Å². The van der Waals surface area contributed by atoms with Crippen LogP contribution in [0.1, 0.15) is 27.2 Å². The Morgan fingerprint density at radius 2 is 1.61 bits per heavy atom. The highest BCUT2D eigenvalue weighted by molar-refractivity contribution is 7.89. The summed E-state index contributed by atoms with van der Waals surface area (Å²) in [6.45, 7) is 4.78. The number of ether oxygens (including phenoxy) is 1. The lowest BCUT2D eigenvalue weighted by molar-refractivity contribution is 0.0342. The Hall–Kier alpha value is -2.98. The molecule has 0 atom stereocenters. The van der Waals surface area contributed by atoms with Crippen LogP contribution in [0.4, 0.5) is 0 Å². The number of rotatable bonds is 9. The topological polar surface area (TPSA) is 101 Å². The Balaban J connectivity index is 1.27. The molecule has 2 heterocycles. The third-order valence-electron chi connectivity index (χ3n) is 5.43. The predicted octanol–water partition coefficient (Wildman–Crippen LogP) is 2.52. The van der Waals surface area contributed by atoms with Gasteiger partial charge in [0.1, 0.15) is 5.76 Å². The zero-order valence-corrected chi connectivity index (χ0v) is 19.0. The van der Waals surface area contributed by atoms with E-state index in [0.717, 1.165) is 38.4 Å². The molecule has 4 rings (SSSR count). The predicted molar refractivity (Wildman–Crippen MR) is 123 cm³/mol. The van der Waals surface area contributed by atoms with Gasteiger partial charge in [-0.3, -0.25) is 9.69 Å². The van der Waals surface area contributed by atoms with E-state index >= 15 is 0 Å². The maximum Gasteiger partial charge on any atom is 0.251 e. The van der Waals surface area contributed by atoms with E-state index in [-0.39, 0.29) is 17.3 Å². The molecule has 1 amide bonds. The average molecular weight is 470 g/mol. The number of sulfonamides is 1. The third-order valence-corrected chi connectivity index (χ3v) is 6.85. The lowest BCUT2D eigenvalue weighted by Gasteiger charge is -2.26. The number of carbonyl (C=O) groups is 1. The summed E-state index contributed by atoms with van der Waals surface area (Å²) in [4.78, 5) is 14.9. The van der Waals surface area contributed by atoms with Crippen molar-refractivity contribution in [2.45, 2.75) is 24.5 Å². The summed E-state index contributed by atoms with van der Waals surface area (Å²) in [7, 11) is -3.70. The first-order valence-electron chi connectivity index (χ1n) is 10.8. The minimum absolute atomic E-state index is 0.0583. The molecule has 0 radical (unpaired) electrons. The van der Waals surface area contributed by atoms with Crippen LogP contribution in [0.5, 0.6) is 0 Å². The van der Waals surface area contributed by atoms with Crippen LogP contribution in [0.25, 0.3) is 0 Å². The molecule has 0 unspecified atom stereocenters. The van der Waals surface area contributed by atoms with E-state index < -0.39 is 10.0 Å². The molecule has 0 saturated carbocycles. The average Bonchev–Trinajstić information content (AvgIpc) is 3.37. The van der Waals surface area contributed by atoms with E-state index in [1.165, 1.54) is 36.1 Å². The Kier molecular flexibility index (Phi) is 7.56. The maximum absolute atomic E-state index is 12.5. The molecule has 8 nitrogen and oxygen atoms in total. The number of carbonyl (C=O) groups excluding carboxylic acids is 1. The van der Waals surface area contributed by atoms with Gasteiger partial charge in [0.05, 0.1) is 30.9 Å². The normalized spacial score (nSPS) is 14.8. The minimum atomic E-state index is -3.70. The van der Waals surface area contributed by atoms with E-state index in [0.29, 0.717) is 17.9 Å². The summed E-state index contributed by atoms with van der Waals surface area (Å²) in [6, 6.07) is 17.4. The van der Waals surface area contributed by atoms with Crippen molar-refractivity contribution in [1.82, 2.24) is 14.9 Å². The molecule has 174 valence electrons. The zero-order valence-electron chi connectivity index (χ0n) is 18.2. The number of morpholine rings is 1. The van der Waals surface area contributed by atoms with Gasteiger partial charge in [0.15, 0.2) is 0 Å². The Morgan fingerprint density at radius 3 is 2.27 bits per heavy atom. The minimum Gasteiger partial charge on any atom is -0.468 e. The fourth-order valence-corrected chi connectivity index (χ4v) is 4.51. The fraction of sp³-hybridized carbons (Fsp3) is 0.292. The Morgan fingerprint density at radius 1 is 0.909 bits per heavy atom. The first-order chi connectivity index (χ1) is 16.0. The first kappa shape index (κ1) is 23.2. The Bertz CT molecular complexity index is 1140. The molecule has 1 aliphatic heterocycles. The van der Waals surface area contributed by atoms with Gasteiger partial charge in [-0.15, -0.1) is 0 Å². The van der Waals surface area contributed by atoms with Crippen LogP contribution in [-0.4, -0.2) is 45.5 Å². The van der Waals surface area contributed by atoms with Crippen LogP contribution in [0.15, 0.2) is 76.2 Å². The van der Waals surface area contributed by atoms with Crippen LogP contribution in [-0.2, 0) is 34.4 Å². The SMILES string of the molecule is O=C(NCc1ccc(CN2CCOCC2)cc1)c1ccc(S(=O)(=O)NCc2ccco2)cc1. The van der Waals surface area contributed by atoms with Crippen molar-refractivity contribution in [3.8, 4) is 0 Å². The lowest BCUT2D eigenvalue weighted by atomic mass is 10.1. The molecule has 0 aliphatic carbocycles. The van der Waals surface area contributed by atoms with Crippen molar-refractivity contribution in [3.05, 3.63) is 89.4 Å². The van der Waals surface area contributed by atoms with Gasteiger partial charge < -0.3 is 14.5 Å². The van der Waals surface area contributed by atoms with Crippen molar-refractivity contribution in [3.63, 3.8) is 0 Å². The molecule has 3 aromatic rings. The van der Waals surface area contributed by atoms with Crippen LogP contribution in [0, 0.1) is 0 Å². The maximum atomic E-state index is 12.5. The fourth-order valence-electron chi connectivity index (χ4n) is 3.51. The second kappa shape index (κ2) is 10.8. The number of amides is 1. The van der Waals surface area contributed by atoms with E-state index in [2.05, 4.69) is 27.1 Å². The quantitative estimate of drug-likeness (QED) is 0.500. The highest BCUT2D eigenvalue weighted by Gasteiger charge is 2.15. The van der Waals surface area contributed by atoms with E-state index in [4.69, 9.17) is 9.15 Å². The molecule has 1 aromatic heterocycles. The number of benzene rings is 2. The van der Waals surface area contributed by atoms with Crippen LogP contribution in [0.3, 0.4) is 0 Å². The summed E-state index contributed by atoms with van der Waals surface area (Å²) < 4.78 is 37.8. The number of nitrogens with one attached hydrogen (secondary N) is 2. The summed E-state index contributed by atoms with van der Waals surface area (Å²) >= 11 is 0. The summed E-state index contributed by atoms with van der Waals surface area (Å²) in [5, 5.41) is 2.87. The summed E-state index contributed by atoms with van der Waals surface area (Å²) in [5.74, 6) is 0.253. The molecule has 2 N–H and O–H groups in total. The third kappa shape index (κ3) is 6.52. The number of nitrogens with zero attached hydrogens (tertiary/aromatic N) is 1. The van der Waals surface area contributed by atoms with Gasteiger partial charge in [-0.1, -0.05) is 24.3 Å². The van der Waals surface area contributed by atoms with Crippen molar-refractivity contribution in [2.24, 2.45) is 0 Å². The highest BCUT2D eigenvalue weighted by Crippen LogP contribution is 2.13. The molecule has 0 spiro atoms. The molecule has 1 saturated heterocycles. The number of hydrogen-bond acceptors (Lipinski definition) is 6. The van der Waals surface area contributed by atoms with Gasteiger partial charge in [-0.2, -0.15) is 0 Å². The standard InChI is InChI=1S/C24H27N3O5S/c28-24(25-16-19-3-5-20(6-4-19)18-27-11-14-31-15-12-27)21-7-9-23(10-8-21)33(29,30)26-17-22-2-1-13-32-22/h1-10,13,26H,11-12,14-18H2,(H,25,28). The molecule has 0 bridgehead atoms. The molecular formula is C24H27N3O5S. The van der Waals surface area contributed by atoms with Gasteiger partial charge >= 0.3 is 0 Å². The second-order valence-corrected chi connectivity index (χ2v) is 9.58. The van der Waals surface area contributed by atoms with Gasteiger partial charge in [0.2, 0.25) is 10.0 Å². The van der Waals surface area contributed by atoms with Crippen LogP contribution >= 0.6 is 0 Å². The number of hydrogen-bond donors (Lipinski definition) is 2. The highest BCUT2D eigenvalue weighted by atomic mass is 32.2. The van der Waals surface area contributed by atoms with E-state index in [1.54, 1.807) is 12.1 Å². The summed E-state index contributed by atoms with van der Waals surface area (Å²) in [5.41, 5.74) is 2.61. The number of furan rings is 1. The zero-order chi connectivity index (χ0) is 23.1. The van der Waals surface area contributed by atoms with Crippen LogP contribution < -0.4 is 10.0 Å². The second-order valence-electron chi connectivity index (χ2n) is 7.82. The lowest BCUT2D eigenvalue weighted by Crippen LogP contribution is -2.35. The first-order valence-corrected chi connectivity index (χ1v) is 12.3.